The third-order valence-corrected chi connectivity index (χ3v) is 8.22. The lowest BCUT2D eigenvalue weighted by molar-refractivity contribution is -0.143. The number of hydrogen-bond donors (Lipinski definition) is 4. The Balaban J connectivity index is 1.68. The van der Waals surface area contributed by atoms with Crippen LogP contribution in [0.3, 0.4) is 0 Å². The van der Waals surface area contributed by atoms with Crippen LogP contribution in [0.1, 0.15) is 71.3 Å². The van der Waals surface area contributed by atoms with E-state index >= 15 is 0 Å². The van der Waals surface area contributed by atoms with E-state index in [2.05, 4.69) is 21.4 Å². The highest BCUT2D eigenvalue weighted by atomic mass is 35.5. The van der Waals surface area contributed by atoms with Crippen molar-refractivity contribution in [2.75, 3.05) is 26.8 Å². The summed E-state index contributed by atoms with van der Waals surface area (Å²) in [4.78, 5) is 73.7. The average Bonchev–Trinajstić information content (AvgIpc) is 3.60. The Kier molecular flexibility index (Phi) is 11.7. The predicted molar refractivity (Wildman–Crippen MR) is 169 cm³/mol. The molecular weight excluding hydrogens is 618 g/mol. The zero-order chi connectivity index (χ0) is 33.5. The van der Waals surface area contributed by atoms with Gasteiger partial charge in [-0.25, -0.2) is 4.79 Å². The van der Waals surface area contributed by atoms with Gasteiger partial charge in [0.05, 0.1) is 24.9 Å². The van der Waals surface area contributed by atoms with Crippen LogP contribution in [0.4, 0.5) is 4.79 Å². The van der Waals surface area contributed by atoms with Gasteiger partial charge in [-0.1, -0.05) is 49.4 Å². The van der Waals surface area contributed by atoms with Crippen LogP contribution in [0.15, 0.2) is 30.3 Å². The first-order valence-corrected chi connectivity index (χ1v) is 16.1. The van der Waals surface area contributed by atoms with Gasteiger partial charge < -0.3 is 30.3 Å². The molecule has 0 saturated carbocycles. The second kappa shape index (κ2) is 15.3. The number of Topliss-reactive ketones (excluding diaryl/α,β-unsaturated/α-hetero) is 1. The van der Waals surface area contributed by atoms with Gasteiger partial charge in [-0.05, 0) is 51.8 Å². The number of carbonyl (C=O) groups excluding carboxylic acids is 5. The van der Waals surface area contributed by atoms with Crippen LogP contribution >= 0.6 is 11.6 Å². The Morgan fingerprint density at radius 3 is 2.57 bits per heavy atom. The summed E-state index contributed by atoms with van der Waals surface area (Å²) < 4.78 is 11.3. The number of hydrogen-bond acceptors (Lipinski definition) is 9. The number of ketones is 1. The largest absolute Gasteiger partial charge is 0.444 e. The van der Waals surface area contributed by atoms with Gasteiger partial charge in [0.25, 0.3) is 5.91 Å². The van der Waals surface area contributed by atoms with E-state index in [1.165, 1.54) is 11.9 Å². The minimum Gasteiger partial charge on any atom is -0.444 e. The van der Waals surface area contributed by atoms with Gasteiger partial charge in [-0.15, -0.1) is 0 Å². The van der Waals surface area contributed by atoms with Crippen molar-refractivity contribution >= 4 is 46.9 Å². The fourth-order valence-electron chi connectivity index (χ4n) is 5.75. The Labute approximate surface area is 274 Å². The molecule has 0 aromatic heterocycles. The molecule has 3 aliphatic heterocycles. The van der Waals surface area contributed by atoms with E-state index in [0.717, 1.165) is 31.2 Å². The van der Waals surface area contributed by atoms with Crippen molar-refractivity contribution in [2.24, 2.45) is 0 Å². The molecular formula is C32H44ClN5O8. The van der Waals surface area contributed by atoms with Crippen molar-refractivity contribution in [2.45, 2.75) is 95.0 Å². The maximum absolute atomic E-state index is 14.2. The number of nitrogens with zero attached hydrogens (tertiary/aromatic N) is 1. The van der Waals surface area contributed by atoms with E-state index in [9.17, 15) is 24.0 Å². The summed E-state index contributed by atoms with van der Waals surface area (Å²) in [5.41, 5.74) is 2.31. The topological polar surface area (TPSA) is 164 Å². The molecule has 4 amide bonds. The van der Waals surface area contributed by atoms with Gasteiger partial charge in [0, 0.05) is 30.7 Å². The van der Waals surface area contributed by atoms with Gasteiger partial charge in [0.1, 0.15) is 23.3 Å². The molecule has 4 N–H and O–H groups in total. The lowest BCUT2D eigenvalue weighted by Crippen LogP contribution is -2.57. The van der Waals surface area contributed by atoms with Gasteiger partial charge in [-0.3, -0.25) is 29.5 Å². The van der Waals surface area contributed by atoms with Gasteiger partial charge >= 0.3 is 6.09 Å². The molecule has 3 aliphatic rings. The van der Waals surface area contributed by atoms with Crippen molar-refractivity contribution in [3.8, 4) is 0 Å². The number of amides is 4. The molecule has 252 valence electrons. The second-order valence-corrected chi connectivity index (χ2v) is 13.3. The van der Waals surface area contributed by atoms with Crippen molar-refractivity contribution in [1.29, 1.82) is 0 Å². The lowest BCUT2D eigenvalue weighted by Gasteiger charge is -2.30. The Morgan fingerprint density at radius 2 is 1.85 bits per heavy atom. The molecule has 46 heavy (non-hydrogen) atoms. The maximum Gasteiger partial charge on any atom is 0.408 e. The highest BCUT2D eigenvalue weighted by molar-refractivity contribution is 6.38. The summed E-state index contributed by atoms with van der Waals surface area (Å²) in [6.07, 6.45) is 5.14. The quantitative estimate of drug-likeness (QED) is 0.355. The number of fused-ring (bicyclic) bond motifs is 1. The van der Waals surface area contributed by atoms with E-state index in [1.54, 1.807) is 45.0 Å². The first kappa shape index (κ1) is 35.2. The fourth-order valence-corrected chi connectivity index (χ4v) is 5.94. The van der Waals surface area contributed by atoms with Crippen LogP contribution < -0.4 is 21.4 Å². The standard InChI is InChI=1S/C32H44ClN5O8/c1-31(2,3)45-30(43)36-24-18-44-14-9-7-5-6-8-13-22(26(39)28(41)34-4)35-27(40)25-17-32(19-38(25)29(24)42)16-23(37-46-32)20-11-10-12-21(33)15-20/h10-12,15-16,22,24-25,37H,5-9,13-14,17-19H2,1-4H3,(H,34,41)(H,35,40)(H,36,43)/t22-,24-,25-,32+/m0/s1. The van der Waals surface area contributed by atoms with E-state index in [-0.39, 0.29) is 26.0 Å². The number of nitrogens with one attached hydrogen (secondary N) is 4. The molecule has 1 aromatic rings. The monoisotopic (exact) mass is 661 g/mol. The van der Waals surface area contributed by atoms with Crippen LogP contribution in [0.25, 0.3) is 5.70 Å². The number of carbonyl (C=O) groups is 5. The molecule has 4 rings (SSSR count). The molecule has 0 bridgehead atoms. The number of halogens is 1. The maximum atomic E-state index is 14.2. The number of ether oxygens (including phenoxy) is 2. The lowest BCUT2D eigenvalue weighted by atomic mass is 9.97. The summed E-state index contributed by atoms with van der Waals surface area (Å²) in [6, 6.07) is 3.76. The molecule has 0 unspecified atom stereocenters. The molecule has 3 heterocycles. The fraction of sp³-hybridized carbons (Fsp3) is 0.594. The van der Waals surface area contributed by atoms with Crippen LogP contribution in [-0.2, 0) is 33.5 Å². The predicted octanol–water partition coefficient (Wildman–Crippen LogP) is 2.62. The summed E-state index contributed by atoms with van der Waals surface area (Å²) in [6.45, 7) is 5.29. The summed E-state index contributed by atoms with van der Waals surface area (Å²) in [7, 11) is 1.35. The van der Waals surface area contributed by atoms with Gasteiger partial charge in [0.2, 0.25) is 17.6 Å². The summed E-state index contributed by atoms with van der Waals surface area (Å²) in [5, 5.41) is 8.23. The van der Waals surface area contributed by atoms with Crippen LogP contribution in [0.5, 0.6) is 0 Å². The third kappa shape index (κ3) is 9.20. The van der Waals surface area contributed by atoms with Crippen LogP contribution in [0, 0.1) is 0 Å². The molecule has 14 heteroatoms. The number of alkyl carbamates (subject to hydrolysis) is 1. The number of likely N-dealkylation sites (N-methyl/N-ethyl adjacent to an activating group) is 1. The first-order chi connectivity index (χ1) is 21.8. The molecule has 4 atom stereocenters. The van der Waals surface area contributed by atoms with Crippen molar-refractivity contribution in [1.82, 2.24) is 26.3 Å². The number of benzene rings is 1. The summed E-state index contributed by atoms with van der Waals surface area (Å²) in [5.74, 6) is -2.78. The van der Waals surface area contributed by atoms with Crippen LogP contribution in [0.2, 0.25) is 5.02 Å². The highest BCUT2D eigenvalue weighted by Crippen LogP contribution is 2.38. The minimum absolute atomic E-state index is 0.0303. The highest BCUT2D eigenvalue weighted by Gasteiger charge is 2.53. The van der Waals surface area contributed by atoms with Gasteiger partial charge in [-0.2, -0.15) is 0 Å². The van der Waals surface area contributed by atoms with E-state index in [0.29, 0.717) is 23.7 Å². The first-order valence-electron chi connectivity index (χ1n) is 15.7. The average molecular weight is 662 g/mol. The number of rotatable bonds is 4. The van der Waals surface area contributed by atoms with Gasteiger partial charge in [0.15, 0.2) is 0 Å². The summed E-state index contributed by atoms with van der Waals surface area (Å²) >= 11 is 6.20. The Morgan fingerprint density at radius 1 is 1.11 bits per heavy atom. The molecule has 1 aromatic carbocycles. The molecule has 13 nitrogen and oxygen atoms in total. The van der Waals surface area contributed by atoms with E-state index in [1.807, 2.05) is 6.07 Å². The number of hydroxylamine groups is 1. The Hall–Kier alpha value is -3.68. The van der Waals surface area contributed by atoms with Crippen molar-refractivity contribution in [3.05, 3.63) is 40.9 Å². The molecule has 0 radical (unpaired) electrons. The molecule has 2 saturated heterocycles. The van der Waals surface area contributed by atoms with E-state index < -0.39 is 58.9 Å². The van der Waals surface area contributed by atoms with Crippen LogP contribution in [-0.4, -0.2) is 90.6 Å². The smallest absolute Gasteiger partial charge is 0.408 e. The molecule has 0 aliphatic carbocycles. The Bertz CT molecular complexity index is 1350. The third-order valence-electron chi connectivity index (χ3n) is 7.98. The van der Waals surface area contributed by atoms with E-state index in [4.69, 9.17) is 25.9 Å². The zero-order valence-corrected chi connectivity index (χ0v) is 27.5. The normalized spacial score (nSPS) is 26.4. The van der Waals surface area contributed by atoms with Crippen molar-refractivity contribution in [3.63, 3.8) is 0 Å². The minimum atomic E-state index is -1.18. The molecule has 2 fully saturated rings. The zero-order valence-electron chi connectivity index (χ0n) is 26.8. The van der Waals surface area contributed by atoms with Crippen molar-refractivity contribution < 1.29 is 38.3 Å². The second-order valence-electron chi connectivity index (χ2n) is 12.9. The SMILES string of the molecule is CNC(=O)C(=O)[C@@H]1CCCCCCCOC[C@H](NC(=O)OC(C)(C)C)C(=O)N2C[C@@]3(C=C(c4cccc(Cl)c4)NO3)C[C@H]2C(=O)N1. The molecule has 1 spiro atoms.